The second-order valence-electron chi connectivity index (χ2n) is 4.70. The van der Waals surface area contributed by atoms with Crippen LogP contribution in [0.15, 0.2) is 36.4 Å². The van der Waals surface area contributed by atoms with Gasteiger partial charge < -0.3 is 14.7 Å². The van der Waals surface area contributed by atoms with Crippen LogP contribution in [-0.2, 0) is 13.0 Å². The highest BCUT2D eigenvalue weighted by molar-refractivity contribution is 5.43. The molecule has 1 aliphatic heterocycles. The molecule has 0 saturated carbocycles. The van der Waals surface area contributed by atoms with Gasteiger partial charge in [0.25, 0.3) is 0 Å². The summed E-state index contributed by atoms with van der Waals surface area (Å²) in [5.41, 5.74) is 2.85. The Morgan fingerprint density at radius 2 is 2.00 bits per heavy atom. The number of hydrogen-bond donors (Lipinski definition) is 2. The summed E-state index contributed by atoms with van der Waals surface area (Å²) in [5.74, 6) is -0.267. The van der Waals surface area contributed by atoms with Crippen LogP contribution >= 0.6 is 0 Å². The lowest BCUT2D eigenvalue weighted by Gasteiger charge is -2.10. The monoisotopic (exact) mass is 293 g/mol. The van der Waals surface area contributed by atoms with Gasteiger partial charge in [0, 0.05) is 12.5 Å². The molecule has 2 aromatic rings. The highest BCUT2D eigenvalue weighted by Gasteiger charge is 2.22. The molecule has 1 aliphatic rings. The van der Waals surface area contributed by atoms with Gasteiger partial charge in [0.1, 0.15) is 29.7 Å². The van der Waals surface area contributed by atoms with Crippen LogP contribution in [0, 0.1) is 11.6 Å². The topological polar surface area (TPSA) is 50.7 Å². The molecular weight excluding hydrogens is 280 g/mol. The predicted molar refractivity (Wildman–Crippen MR) is 70.2 cm³/mol. The molecule has 1 atom stereocenters. The molecule has 110 valence electrons. The van der Waals surface area contributed by atoms with E-state index in [1.54, 1.807) is 18.2 Å². The zero-order valence-corrected chi connectivity index (χ0v) is 11.0. The van der Waals surface area contributed by atoms with E-state index < -0.39 is 17.9 Å². The van der Waals surface area contributed by atoms with Crippen molar-refractivity contribution in [3.05, 3.63) is 59.2 Å². The summed E-state index contributed by atoms with van der Waals surface area (Å²) in [4.78, 5) is 0. The van der Waals surface area contributed by atoms with Crippen LogP contribution < -0.4 is 15.0 Å². The molecule has 6 heteroatoms. The van der Waals surface area contributed by atoms with E-state index >= 15 is 0 Å². The molecular formula is C15H13F2NO3. The number of halogens is 2. The normalized spacial score (nSPS) is 16.4. The molecule has 0 amide bonds. The second kappa shape index (κ2) is 5.67. The Hall–Kier alpha value is -2.18. The van der Waals surface area contributed by atoms with E-state index in [4.69, 9.17) is 14.7 Å². The maximum absolute atomic E-state index is 13.5. The molecule has 0 aromatic heterocycles. The Balaban J connectivity index is 1.73. The summed E-state index contributed by atoms with van der Waals surface area (Å²) in [6, 6.07) is 8.79. The lowest BCUT2D eigenvalue weighted by molar-refractivity contribution is 0.0323. The largest absolute Gasteiger partial charge is 0.489 e. The molecule has 0 saturated heterocycles. The Labute approximate surface area is 119 Å². The molecule has 21 heavy (non-hydrogen) atoms. The molecule has 2 N–H and O–H groups in total. The van der Waals surface area contributed by atoms with Crippen LogP contribution in [0.4, 0.5) is 8.78 Å². The Morgan fingerprint density at radius 1 is 1.24 bits per heavy atom. The molecule has 0 fully saturated rings. The molecule has 0 radical (unpaired) electrons. The lowest BCUT2D eigenvalue weighted by Crippen LogP contribution is -2.29. The van der Waals surface area contributed by atoms with E-state index in [2.05, 4.69) is 0 Å². The number of fused-ring (bicyclic) bond motifs is 1. The number of hydrogen-bond acceptors (Lipinski definition) is 4. The fourth-order valence-corrected chi connectivity index (χ4v) is 2.20. The van der Waals surface area contributed by atoms with E-state index in [-0.39, 0.29) is 12.2 Å². The Morgan fingerprint density at radius 3 is 2.71 bits per heavy atom. The average Bonchev–Trinajstić information content (AvgIpc) is 2.89. The van der Waals surface area contributed by atoms with Crippen molar-refractivity contribution in [1.82, 2.24) is 5.48 Å². The lowest BCUT2D eigenvalue weighted by atomic mass is 10.1. The van der Waals surface area contributed by atoms with E-state index in [0.717, 1.165) is 5.56 Å². The first kappa shape index (κ1) is 13.8. The average molecular weight is 293 g/mol. The number of benzene rings is 2. The SMILES string of the molecule is ON[C@@H]1Cc2ccc(OCc3c(F)cccc3F)cc2O1. The van der Waals surface area contributed by atoms with E-state index in [1.807, 2.05) is 5.48 Å². The molecule has 0 spiro atoms. The zero-order valence-electron chi connectivity index (χ0n) is 11.0. The minimum Gasteiger partial charge on any atom is -0.489 e. The van der Waals surface area contributed by atoms with Crippen LogP contribution in [0.1, 0.15) is 11.1 Å². The van der Waals surface area contributed by atoms with Crippen molar-refractivity contribution in [2.75, 3.05) is 0 Å². The molecule has 0 bridgehead atoms. The van der Waals surface area contributed by atoms with Crippen molar-refractivity contribution < 1.29 is 23.5 Å². The smallest absolute Gasteiger partial charge is 0.175 e. The first-order valence-corrected chi connectivity index (χ1v) is 6.42. The van der Waals surface area contributed by atoms with Crippen molar-refractivity contribution in [2.24, 2.45) is 0 Å². The van der Waals surface area contributed by atoms with Crippen molar-refractivity contribution >= 4 is 0 Å². The molecule has 0 aliphatic carbocycles. The Bertz CT molecular complexity index is 643. The van der Waals surface area contributed by atoms with E-state index in [0.29, 0.717) is 17.9 Å². The van der Waals surface area contributed by atoms with Gasteiger partial charge in [-0.05, 0) is 23.8 Å². The number of rotatable bonds is 4. The molecule has 2 aromatic carbocycles. The van der Waals surface area contributed by atoms with Crippen LogP contribution in [0.3, 0.4) is 0 Å². The quantitative estimate of drug-likeness (QED) is 0.851. The van der Waals surface area contributed by atoms with Gasteiger partial charge in [-0.2, -0.15) is 5.48 Å². The number of ether oxygens (including phenoxy) is 2. The summed E-state index contributed by atoms with van der Waals surface area (Å²) in [5, 5.41) is 8.83. The third-order valence-corrected chi connectivity index (χ3v) is 3.30. The van der Waals surface area contributed by atoms with E-state index in [1.165, 1.54) is 18.2 Å². The maximum atomic E-state index is 13.5. The van der Waals surface area contributed by atoms with Crippen molar-refractivity contribution in [3.63, 3.8) is 0 Å². The minimum absolute atomic E-state index is 0.117. The van der Waals surface area contributed by atoms with Crippen molar-refractivity contribution in [2.45, 2.75) is 19.3 Å². The van der Waals surface area contributed by atoms with Crippen LogP contribution in [-0.4, -0.2) is 11.4 Å². The third-order valence-electron chi connectivity index (χ3n) is 3.30. The Kier molecular flexibility index (Phi) is 3.72. The highest BCUT2D eigenvalue weighted by Crippen LogP contribution is 2.32. The zero-order chi connectivity index (χ0) is 14.8. The van der Waals surface area contributed by atoms with Crippen LogP contribution in [0.5, 0.6) is 11.5 Å². The summed E-state index contributed by atoms with van der Waals surface area (Å²) in [7, 11) is 0. The molecule has 3 rings (SSSR count). The summed E-state index contributed by atoms with van der Waals surface area (Å²) in [6.45, 7) is -0.209. The van der Waals surface area contributed by atoms with Gasteiger partial charge in [-0.3, -0.25) is 0 Å². The van der Waals surface area contributed by atoms with E-state index in [9.17, 15) is 8.78 Å². The fraction of sp³-hybridized carbons (Fsp3) is 0.200. The van der Waals surface area contributed by atoms with Crippen LogP contribution in [0.25, 0.3) is 0 Å². The predicted octanol–water partition coefficient (Wildman–Crippen LogP) is 2.78. The van der Waals surface area contributed by atoms with Gasteiger partial charge >= 0.3 is 0 Å². The summed E-state index contributed by atoms with van der Waals surface area (Å²) >= 11 is 0. The van der Waals surface area contributed by atoms with Gasteiger partial charge in [-0.1, -0.05) is 12.1 Å². The van der Waals surface area contributed by atoms with Crippen molar-refractivity contribution in [3.8, 4) is 11.5 Å². The first-order chi connectivity index (χ1) is 10.2. The molecule has 4 nitrogen and oxygen atoms in total. The second-order valence-corrected chi connectivity index (χ2v) is 4.70. The minimum atomic E-state index is -0.642. The van der Waals surface area contributed by atoms with Crippen LogP contribution in [0.2, 0.25) is 0 Å². The highest BCUT2D eigenvalue weighted by atomic mass is 19.1. The first-order valence-electron chi connectivity index (χ1n) is 6.42. The van der Waals surface area contributed by atoms with Crippen molar-refractivity contribution in [1.29, 1.82) is 0 Å². The standard InChI is InChI=1S/C15H13F2NO3/c16-12-2-1-3-13(17)11(12)8-20-10-5-4-9-6-15(18-19)21-14(9)7-10/h1-5,7,15,18-19H,6,8H2/t15-/m0/s1. The third kappa shape index (κ3) is 2.81. The summed E-state index contributed by atoms with van der Waals surface area (Å²) in [6.07, 6.45) is 0.0490. The fourth-order valence-electron chi connectivity index (χ4n) is 2.20. The molecule has 1 heterocycles. The van der Waals surface area contributed by atoms with Gasteiger partial charge in [0.05, 0.1) is 5.56 Å². The molecule has 0 unspecified atom stereocenters. The maximum Gasteiger partial charge on any atom is 0.175 e. The van der Waals surface area contributed by atoms with Gasteiger partial charge in [-0.15, -0.1) is 0 Å². The number of hydroxylamine groups is 1. The number of nitrogens with one attached hydrogen (secondary N) is 1. The summed E-state index contributed by atoms with van der Waals surface area (Å²) < 4.78 is 37.8. The van der Waals surface area contributed by atoms with Gasteiger partial charge in [0.15, 0.2) is 6.23 Å². The van der Waals surface area contributed by atoms with Gasteiger partial charge in [-0.25, -0.2) is 8.78 Å². The van der Waals surface area contributed by atoms with Gasteiger partial charge in [0.2, 0.25) is 0 Å².